The number of rotatable bonds is 5. The number of ether oxygens (including phenoxy) is 1. The summed E-state index contributed by atoms with van der Waals surface area (Å²) in [7, 11) is 0. The Kier molecular flexibility index (Phi) is 4.37. The van der Waals surface area contributed by atoms with Crippen LogP contribution >= 0.6 is 0 Å². The second-order valence-corrected chi connectivity index (χ2v) is 4.75. The molecule has 21 heavy (non-hydrogen) atoms. The lowest BCUT2D eigenvalue weighted by atomic mass is 10.2. The largest absolute Gasteiger partial charge is 0.492 e. The lowest BCUT2D eigenvalue weighted by Crippen LogP contribution is -2.25. The average Bonchev–Trinajstić information content (AvgIpc) is 2.73. The van der Waals surface area contributed by atoms with E-state index in [1.165, 1.54) is 12.1 Å². The van der Waals surface area contributed by atoms with E-state index in [1.54, 1.807) is 6.92 Å². The fourth-order valence-electron chi connectivity index (χ4n) is 1.76. The molecule has 0 saturated heterocycles. The fourth-order valence-corrected chi connectivity index (χ4v) is 1.76. The van der Waals surface area contributed by atoms with Crippen LogP contribution in [0.2, 0.25) is 0 Å². The van der Waals surface area contributed by atoms with Gasteiger partial charge in [0.1, 0.15) is 11.9 Å². The summed E-state index contributed by atoms with van der Waals surface area (Å²) < 4.78 is 6.24. The molecule has 112 valence electrons. The minimum atomic E-state index is -0.628. The smallest absolute Gasteiger partial charge is 0.336 e. The van der Waals surface area contributed by atoms with Crippen molar-refractivity contribution in [3.05, 3.63) is 42.0 Å². The van der Waals surface area contributed by atoms with Gasteiger partial charge in [0, 0.05) is 12.1 Å². The van der Waals surface area contributed by atoms with E-state index in [2.05, 4.69) is 0 Å². The molecule has 1 aromatic heterocycles. The number of carbonyl (C=O) groups is 1. The van der Waals surface area contributed by atoms with Crippen molar-refractivity contribution in [2.24, 2.45) is 0 Å². The van der Waals surface area contributed by atoms with Crippen LogP contribution < -0.4 is 9.57 Å². The first-order valence-electron chi connectivity index (χ1n) is 6.50. The number of aromatic hydroxyl groups is 2. The maximum atomic E-state index is 11.7. The van der Waals surface area contributed by atoms with Gasteiger partial charge >= 0.3 is 5.97 Å². The molecule has 1 atom stereocenters. The third-order valence-electron chi connectivity index (χ3n) is 2.80. The Labute approximate surface area is 122 Å². The van der Waals surface area contributed by atoms with Gasteiger partial charge in [0.05, 0.1) is 6.42 Å². The van der Waals surface area contributed by atoms with Crippen LogP contribution in [0.5, 0.6) is 17.5 Å². The Balaban J connectivity index is 1.89. The van der Waals surface area contributed by atoms with Crippen molar-refractivity contribution in [2.75, 3.05) is 0 Å². The number of hydrogen-bond acceptors (Lipinski definition) is 5. The van der Waals surface area contributed by atoms with Gasteiger partial charge in [0.2, 0.25) is 11.8 Å². The van der Waals surface area contributed by atoms with Gasteiger partial charge in [-0.3, -0.25) is 0 Å². The number of nitrogens with zero attached hydrogens (tertiary/aromatic N) is 1. The van der Waals surface area contributed by atoms with Crippen LogP contribution in [-0.4, -0.2) is 27.0 Å². The third kappa shape index (κ3) is 3.92. The van der Waals surface area contributed by atoms with Crippen LogP contribution in [0, 0.1) is 6.92 Å². The third-order valence-corrected chi connectivity index (χ3v) is 2.80. The molecular weight excluding hydrogens is 274 g/mol. The number of carbonyl (C=O) groups excluding carboxylic acids is 1. The van der Waals surface area contributed by atoms with Gasteiger partial charge < -0.3 is 19.8 Å². The molecule has 0 aliphatic heterocycles. The van der Waals surface area contributed by atoms with Gasteiger partial charge in [-0.2, -0.15) is 0 Å². The highest BCUT2D eigenvalue weighted by Crippen LogP contribution is 2.19. The van der Waals surface area contributed by atoms with E-state index in [0.717, 1.165) is 5.56 Å². The Morgan fingerprint density at radius 1 is 1.14 bits per heavy atom. The summed E-state index contributed by atoms with van der Waals surface area (Å²) in [6, 6.07) is 9.90. The number of aryl methyl sites for hydroxylation is 1. The quantitative estimate of drug-likeness (QED) is 0.881. The van der Waals surface area contributed by atoms with E-state index in [0.29, 0.717) is 10.5 Å². The zero-order valence-electron chi connectivity index (χ0n) is 11.8. The zero-order valence-corrected chi connectivity index (χ0v) is 11.8. The minimum absolute atomic E-state index is 0.0229. The molecule has 1 heterocycles. The van der Waals surface area contributed by atoms with E-state index in [4.69, 9.17) is 9.57 Å². The molecule has 2 N–H and O–H groups in total. The first-order chi connectivity index (χ1) is 9.95. The van der Waals surface area contributed by atoms with Crippen LogP contribution in [0.15, 0.2) is 36.4 Å². The predicted molar refractivity (Wildman–Crippen MR) is 75.2 cm³/mol. The predicted octanol–water partition coefficient (Wildman–Crippen LogP) is 2.02. The number of hydrogen-bond donors (Lipinski definition) is 2. The standard InChI is InChI=1S/C15H17NO5/c1-10-3-5-12(6-4-10)20-11(2)9-15(19)21-16-13(17)7-8-14(16)18/h3-8,11,17-18H,9H2,1-2H3. The summed E-state index contributed by atoms with van der Waals surface area (Å²) in [6.07, 6.45) is -0.426. The summed E-state index contributed by atoms with van der Waals surface area (Å²) >= 11 is 0. The van der Waals surface area contributed by atoms with Gasteiger partial charge in [0.25, 0.3) is 0 Å². The Morgan fingerprint density at radius 3 is 2.29 bits per heavy atom. The summed E-state index contributed by atoms with van der Waals surface area (Å²) in [5, 5.41) is 18.7. The van der Waals surface area contributed by atoms with Gasteiger partial charge in [-0.15, -0.1) is 4.73 Å². The SMILES string of the molecule is Cc1ccc(OC(C)CC(=O)On2c(O)ccc2O)cc1. The highest BCUT2D eigenvalue weighted by Gasteiger charge is 2.16. The molecule has 0 radical (unpaired) electrons. The molecule has 0 aliphatic rings. The van der Waals surface area contributed by atoms with Crippen LogP contribution in [0.1, 0.15) is 18.9 Å². The Hall–Kier alpha value is -2.63. The van der Waals surface area contributed by atoms with E-state index in [9.17, 15) is 15.0 Å². The Morgan fingerprint density at radius 2 is 1.71 bits per heavy atom. The molecule has 0 bridgehead atoms. The van der Waals surface area contributed by atoms with E-state index in [-0.39, 0.29) is 18.2 Å². The lowest BCUT2D eigenvalue weighted by molar-refractivity contribution is -0.147. The highest BCUT2D eigenvalue weighted by molar-refractivity contribution is 5.70. The van der Waals surface area contributed by atoms with E-state index in [1.807, 2.05) is 31.2 Å². The van der Waals surface area contributed by atoms with Crippen molar-refractivity contribution in [1.29, 1.82) is 0 Å². The molecule has 1 aromatic carbocycles. The molecule has 0 spiro atoms. The summed E-state index contributed by atoms with van der Waals surface area (Å²) in [4.78, 5) is 16.6. The summed E-state index contributed by atoms with van der Waals surface area (Å²) in [6.45, 7) is 3.71. The van der Waals surface area contributed by atoms with Crippen molar-refractivity contribution < 1.29 is 24.6 Å². The second kappa shape index (κ2) is 6.21. The minimum Gasteiger partial charge on any atom is -0.492 e. The molecule has 0 fully saturated rings. The first-order valence-corrected chi connectivity index (χ1v) is 6.50. The zero-order chi connectivity index (χ0) is 15.4. The van der Waals surface area contributed by atoms with Crippen molar-refractivity contribution in [2.45, 2.75) is 26.4 Å². The molecular formula is C15H17NO5. The molecule has 0 aliphatic carbocycles. The number of aromatic nitrogens is 1. The lowest BCUT2D eigenvalue weighted by Gasteiger charge is -2.14. The maximum absolute atomic E-state index is 11.7. The topological polar surface area (TPSA) is 80.9 Å². The van der Waals surface area contributed by atoms with E-state index < -0.39 is 12.1 Å². The maximum Gasteiger partial charge on any atom is 0.336 e. The summed E-state index contributed by atoms with van der Waals surface area (Å²) in [5.41, 5.74) is 1.12. The fraction of sp³-hybridized carbons (Fsp3) is 0.267. The van der Waals surface area contributed by atoms with Crippen LogP contribution in [0.4, 0.5) is 0 Å². The number of benzene rings is 1. The van der Waals surface area contributed by atoms with Crippen molar-refractivity contribution in [3.63, 3.8) is 0 Å². The normalized spacial score (nSPS) is 11.9. The highest BCUT2D eigenvalue weighted by atomic mass is 16.7. The molecule has 0 amide bonds. The summed E-state index contributed by atoms with van der Waals surface area (Å²) in [5.74, 6) is -0.676. The average molecular weight is 291 g/mol. The molecule has 2 rings (SSSR count). The second-order valence-electron chi connectivity index (χ2n) is 4.75. The molecule has 2 aromatic rings. The molecule has 6 heteroatoms. The van der Waals surface area contributed by atoms with Crippen molar-refractivity contribution >= 4 is 5.97 Å². The molecule has 1 unspecified atom stereocenters. The first kappa shape index (κ1) is 14.8. The Bertz CT molecular complexity index is 598. The van der Waals surface area contributed by atoms with Gasteiger partial charge in [0.15, 0.2) is 0 Å². The molecule has 0 saturated carbocycles. The van der Waals surface area contributed by atoms with Gasteiger partial charge in [-0.25, -0.2) is 4.79 Å². The van der Waals surface area contributed by atoms with Gasteiger partial charge in [-0.1, -0.05) is 17.7 Å². The van der Waals surface area contributed by atoms with E-state index >= 15 is 0 Å². The molecule has 6 nitrogen and oxygen atoms in total. The van der Waals surface area contributed by atoms with Crippen molar-refractivity contribution in [1.82, 2.24) is 4.73 Å². The van der Waals surface area contributed by atoms with Crippen LogP contribution in [-0.2, 0) is 4.79 Å². The van der Waals surface area contributed by atoms with Crippen LogP contribution in [0.3, 0.4) is 0 Å². The van der Waals surface area contributed by atoms with Crippen LogP contribution in [0.25, 0.3) is 0 Å². The van der Waals surface area contributed by atoms with Gasteiger partial charge in [-0.05, 0) is 26.0 Å². The monoisotopic (exact) mass is 291 g/mol. The van der Waals surface area contributed by atoms with Crippen molar-refractivity contribution in [3.8, 4) is 17.5 Å².